The van der Waals surface area contributed by atoms with Crippen LogP contribution in [0.15, 0.2) is 41.6 Å². The van der Waals surface area contributed by atoms with Crippen molar-refractivity contribution in [2.45, 2.75) is 56.7 Å². The fourth-order valence-corrected chi connectivity index (χ4v) is 4.72. The Morgan fingerprint density at radius 2 is 2.07 bits per heavy atom. The number of halogens is 3. The third-order valence-corrected chi connectivity index (χ3v) is 5.96. The van der Waals surface area contributed by atoms with E-state index in [-0.39, 0.29) is 18.4 Å². The Morgan fingerprint density at radius 1 is 1.24 bits per heavy atom. The van der Waals surface area contributed by atoms with Crippen molar-refractivity contribution >= 4 is 5.97 Å². The molecule has 1 aromatic rings. The van der Waals surface area contributed by atoms with Gasteiger partial charge in [0.2, 0.25) is 0 Å². The summed E-state index contributed by atoms with van der Waals surface area (Å²) in [7, 11) is 0. The van der Waals surface area contributed by atoms with E-state index < -0.39 is 18.7 Å². The van der Waals surface area contributed by atoms with Gasteiger partial charge in [-0.15, -0.1) is 0 Å². The van der Waals surface area contributed by atoms with Gasteiger partial charge in [-0.05, 0) is 66.5 Å². The van der Waals surface area contributed by atoms with Crippen LogP contribution in [0.4, 0.5) is 13.2 Å². The number of aryl methyl sites for hydroxylation is 1. The second-order valence-electron chi connectivity index (χ2n) is 7.98. The number of alkyl halides is 3. The lowest BCUT2D eigenvalue weighted by molar-refractivity contribution is -0.143. The first-order valence-corrected chi connectivity index (χ1v) is 10.0. The normalized spacial score (nSPS) is 23.8. The van der Waals surface area contributed by atoms with E-state index >= 15 is 0 Å². The number of benzene rings is 1. The van der Waals surface area contributed by atoms with Gasteiger partial charge in [0.05, 0.1) is 6.42 Å². The number of aliphatic carboxylic acids is 1. The number of fused-ring (bicyclic) bond motifs is 1. The van der Waals surface area contributed by atoms with E-state index in [1.807, 2.05) is 24.3 Å². The van der Waals surface area contributed by atoms with E-state index in [1.165, 1.54) is 4.90 Å². The molecule has 4 rings (SSSR count). The summed E-state index contributed by atoms with van der Waals surface area (Å²) in [5.41, 5.74) is 3.76. The first kappa shape index (κ1) is 19.9. The van der Waals surface area contributed by atoms with Crippen molar-refractivity contribution in [2.24, 2.45) is 0 Å². The SMILES string of the molecule is O=C(O)CC1CCc2cc(OC3CCN(CC(F)(F)F)C4=C3CCC=C4)ccc21. The molecule has 3 aliphatic rings. The molecule has 2 unspecified atom stereocenters. The van der Waals surface area contributed by atoms with Crippen LogP contribution >= 0.6 is 0 Å². The number of hydrogen-bond acceptors (Lipinski definition) is 3. The second kappa shape index (κ2) is 7.76. The molecule has 0 bridgehead atoms. The predicted octanol–water partition coefficient (Wildman–Crippen LogP) is 4.81. The second-order valence-corrected chi connectivity index (χ2v) is 7.98. The van der Waals surface area contributed by atoms with Crippen LogP contribution in [-0.2, 0) is 11.2 Å². The van der Waals surface area contributed by atoms with E-state index in [4.69, 9.17) is 9.84 Å². The van der Waals surface area contributed by atoms with Crippen molar-refractivity contribution in [3.8, 4) is 5.75 Å². The zero-order valence-corrected chi connectivity index (χ0v) is 16.0. The molecule has 0 aromatic heterocycles. The van der Waals surface area contributed by atoms with E-state index in [0.717, 1.165) is 36.0 Å². The Morgan fingerprint density at radius 3 is 2.83 bits per heavy atom. The van der Waals surface area contributed by atoms with E-state index in [2.05, 4.69) is 0 Å². The Balaban J connectivity index is 1.52. The smallest absolute Gasteiger partial charge is 0.405 e. The highest BCUT2D eigenvalue weighted by Gasteiger charge is 2.36. The predicted molar refractivity (Wildman–Crippen MR) is 102 cm³/mol. The fourth-order valence-electron chi connectivity index (χ4n) is 4.72. The lowest BCUT2D eigenvalue weighted by Gasteiger charge is -2.38. The molecule has 0 amide bonds. The molecule has 2 atom stereocenters. The summed E-state index contributed by atoms with van der Waals surface area (Å²) >= 11 is 0. The van der Waals surface area contributed by atoms with Gasteiger partial charge in [-0.1, -0.05) is 12.1 Å². The molecule has 4 nitrogen and oxygen atoms in total. The minimum Gasteiger partial charge on any atom is -0.486 e. The van der Waals surface area contributed by atoms with Crippen molar-refractivity contribution in [2.75, 3.05) is 13.1 Å². The van der Waals surface area contributed by atoms with Crippen molar-refractivity contribution in [3.63, 3.8) is 0 Å². The van der Waals surface area contributed by atoms with Gasteiger partial charge >= 0.3 is 12.1 Å². The van der Waals surface area contributed by atoms with Gasteiger partial charge in [-0.25, -0.2) is 0 Å². The van der Waals surface area contributed by atoms with Gasteiger partial charge in [0, 0.05) is 18.7 Å². The monoisotopic (exact) mass is 407 g/mol. The number of nitrogens with zero attached hydrogens (tertiary/aromatic N) is 1. The molecule has 0 saturated carbocycles. The molecular weight excluding hydrogens is 383 g/mol. The molecule has 0 radical (unpaired) electrons. The average Bonchev–Trinajstić information content (AvgIpc) is 3.04. The van der Waals surface area contributed by atoms with Gasteiger partial charge in [-0.2, -0.15) is 13.2 Å². The number of hydrogen-bond donors (Lipinski definition) is 1. The first-order chi connectivity index (χ1) is 13.8. The Hall–Kier alpha value is -2.44. The molecule has 0 fully saturated rings. The first-order valence-electron chi connectivity index (χ1n) is 10.0. The number of ether oxygens (including phenoxy) is 1. The Labute approximate surface area is 167 Å². The Kier molecular flexibility index (Phi) is 5.32. The summed E-state index contributed by atoms with van der Waals surface area (Å²) in [6.07, 6.45) is 3.05. The van der Waals surface area contributed by atoms with Gasteiger partial charge in [0.25, 0.3) is 0 Å². The number of rotatable bonds is 5. The van der Waals surface area contributed by atoms with E-state index in [9.17, 15) is 18.0 Å². The topological polar surface area (TPSA) is 49.8 Å². The van der Waals surface area contributed by atoms with Gasteiger partial charge in [-0.3, -0.25) is 4.79 Å². The van der Waals surface area contributed by atoms with Gasteiger partial charge < -0.3 is 14.7 Å². The zero-order valence-electron chi connectivity index (χ0n) is 16.0. The summed E-state index contributed by atoms with van der Waals surface area (Å²) in [5.74, 6) is -0.0473. The molecule has 2 aliphatic carbocycles. The number of carbonyl (C=O) groups is 1. The van der Waals surface area contributed by atoms with Crippen LogP contribution in [0.5, 0.6) is 5.75 Å². The summed E-state index contributed by atoms with van der Waals surface area (Å²) in [6.45, 7) is -0.633. The summed E-state index contributed by atoms with van der Waals surface area (Å²) in [5, 5.41) is 9.06. The quantitative estimate of drug-likeness (QED) is 0.761. The fraction of sp³-hybridized carbons (Fsp3) is 0.500. The highest BCUT2D eigenvalue weighted by atomic mass is 19.4. The standard InChI is InChI=1S/C22H24F3NO3/c23-22(24,25)13-26-10-9-20(18-3-1-2-4-19(18)26)29-16-7-8-17-14(11-16)5-6-15(17)12-21(27)28/h2,4,7-8,11,15,20H,1,3,5-6,9-10,12-13H2,(H,27,28). The number of carboxylic acid groups (broad SMARTS) is 1. The lowest BCUT2D eigenvalue weighted by Crippen LogP contribution is -2.42. The van der Waals surface area contributed by atoms with Crippen molar-refractivity contribution < 1.29 is 27.8 Å². The minimum atomic E-state index is -4.23. The maximum Gasteiger partial charge on any atom is 0.405 e. The molecule has 7 heteroatoms. The van der Waals surface area contributed by atoms with Crippen molar-refractivity contribution in [1.82, 2.24) is 4.90 Å². The minimum absolute atomic E-state index is 0.0416. The molecule has 1 heterocycles. The van der Waals surface area contributed by atoms with Crippen LogP contribution in [-0.4, -0.2) is 41.3 Å². The molecule has 1 N–H and O–H groups in total. The largest absolute Gasteiger partial charge is 0.486 e. The van der Waals surface area contributed by atoms with Crippen LogP contribution in [0.25, 0.3) is 0 Å². The highest BCUT2D eigenvalue weighted by Crippen LogP contribution is 2.39. The maximum atomic E-state index is 12.9. The zero-order chi connectivity index (χ0) is 20.6. The maximum absolute atomic E-state index is 12.9. The van der Waals surface area contributed by atoms with Crippen molar-refractivity contribution in [1.29, 1.82) is 0 Å². The van der Waals surface area contributed by atoms with Crippen molar-refractivity contribution in [3.05, 3.63) is 52.7 Å². The van der Waals surface area contributed by atoms with Crippen LogP contribution in [0.3, 0.4) is 0 Å². The van der Waals surface area contributed by atoms with Gasteiger partial charge in [0.15, 0.2) is 0 Å². The summed E-state index contributed by atoms with van der Waals surface area (Å²) < 4.78 is 45.0. The van der Waals surface area contributed by atoms with Crippen LogP contribution in [0.2, 0.25) is 0 Å². The summed E-state index contributed by atoms with van der Waals surface area (Å²) in [4.78, 5) is 12.4. The number of carboxylic acids is 1. The van der Waals surface area contributed by atoms with Crippen LogP contribution in [0, 0.1) is 0 Å². The number of allylic oxidation sites excluding steroid dienone is 2. The highest BCUT2D eigenvalue weighted by molar-refractivity contribution is 5.68. The van der Waals surface area contributed by atoms with E-state index in [1.54, 1.807) is 6.08 Å². The lowest BCUT2D eigenvalue weighted by atomic mass is 9.91. The molecule has 1 aliphatic heterocycles. The molecule has 0 spiro atoms. The van der Waals surface area contributed by atoms with Crippen LogP contribution < -0.4 is 4.74 Å². The Bertz CT molecular complexity index is 859. The van der Waals surface area contributed by atoms with E-state index in [0.29, 0.717) is 30.8 Å². The summed E-state index contributed by atoms with van der Waals surface area (Å²) in [6, 6.07) is 5.78. The molecule has 0 saturated heterocycles. The molecular formula is C22H24F3NO3. The molecule has 156 valence electrons. The third-order valence-electron chi connectivity index (χ3n) is 5.96. The third kappa shape index (κ3) is 4.43. The molecule has 1 aromatic carbocycles. The van der Waals surface area contributed by atoms with Crippen LogP contribution in [0.1, 0.15) is 49.1 Å². The average molecular weight is 407 g/mol. The molecule has 29 heavy (non-hydrogen) atoms. The van der Waals surface area contributed by atoms with Gasteiger partial charge in [0.1, 0.15) is 18.4 Å².